The molecule has 0 heterocycles. The monoisotopic (exact) mass is 191 g/mol. The Morgan fingerprint density at radius 1 is 1.36 bits per heavy atom. The Hall–Kier alpha value is -1.02. The van der Waals surface area contributed by atoms with Crippen molar-refractivity contribution in [3.63, 3.8) is 0 Å². The van der Waals surface area contributed by atoms with Gasteiger partial charge in [0, 0.05) is 12.2 Å². The highest BCUT2D eigenvalue weighted by Gasteiger charge is 2.10. The van der Waals surface area contributed by atoms with Crippen molar-refractivity contribution >= 4 is 5.69 Å². The normalized spacial score (nSPS) is 16.4. The lowest BCUT2D eigenvalue weighted by Crippen LogP contribution is -2.15. The molecule has 1 aliphatic rings. The van der Waals surface area contributed by atoms with E-state index in [4.69, 9.17) is 5.11 Å². The minimum atomic E-state index is -0.289. The second-order valence-electron chi connectivity index (χ2n) is 4.07. The summed E-state index contributed by atoms with van der Waals surface area (Å²) in [6, 6.07) is 6.52. The fraction of sp³-hybridized carbons (Fsp3) is 0.500. The lowest BCUT2D eigenvalue weighted by Gasteiger charge is -2.09. The first-order valence-electron chi connectivity index (χ1n) is 5.29. The zero-order chi connectivity index (χ0) is 9.97. The van der Waals surface area contributed by atoms with Crippen molar-refractivity contribution < 1.29 is 5.11 Å². The largest absolute Gasteiger partial charge is 0.392 e. The second-order valence-corrected chi connectivity index (χ2v) is 4.07. The van der Waals surface area contributed by atoms with Gasteiger partial charge in [-0.3, -0.25) is 0 Å². The van der Waals surface area contributed by atoms with E-state index in [1.54, 1.807) is 6.92 Å². The van der Waals surface area contributed by atoms with Gasteiger partial charge in [-0.1, -0.05) is 6.07 Å². The summed E-state index contributed by atoms with van der Waals surface area (Å²) in [6.45, 7) is 2.42. The molecule has 2 heteroatoms. The van der Waals surface area contributed by atoms with Crippen molar-refractivity contribution in [1.82, 2.24) is 0 Å². The average Bonchev–Trinajstić information content (AvgIpc) is 2.61. The first kappa shape index (κ1) is 9.53. The Kier molecular flexibility index (Phi) is 2.73. The number of rotatable bonds is 3. The van der Waals surface area contributed by atoms with Crippen LogP contribution in [0.25, 0.3) is 0 Å². The number of hydrogen-bond acceptors (Lipinski definition) is 2. The van der Waals surface area contributed by atoms with Crippen molar-refractivity contribution in [3.05, 3.63) is 29.3 Å². The van der Waals surface area contributed by atoms with E-state index in [1.807, 2.05) is 0 Å². The Bertz CT molecular complexity index is 320. The maximum atomic E-state index is 9.14. The first-order valence-corrected chi connectivity index (χ1v) is 5.29. The summed E-state index contributed by atoms with van der Waals surface area (Å²) in [7, 11) is 0. The zero-order valence-corrected chi connectivity index (χ0v) is 8.59. The molecule has 1 aromatic rings. The van der Waals surface area contributed by atoms with Gasteiger partial charge in [-0.15, -0.1) is 0 Å². The van der Waals surface area contributed by atoms with Gasteiger partial charge in [0.1, 0.15) is 0 Å². The van der Waals surface area contributed by atoms with E-state index >= 15 is 0 Å². The van der Waals surface area contributed by atoms with Gasteiger partial charge in [0.05, 0.1) is 6.10 Å². The fourth-order valence-electron chi connectivity index (χ4n) is 1.95. The first-order chi connectivity index (χ1) is 6.75. The average molecular weight is 191 g/mol. The van der Waals surface area contributed by atoms with Gasteiger partial charge in [-0.2, -0.15) is 0 Å². The molecule has 0 saturated carbocycles. The summed E-state index contributed by atoms with van der Waals surface area (Å²) in [4.78, 5) is 0. The molecule has 0 amide bonds. The maximum Gasteiger partial charge on any atom is 0.0684 e. The SMILES string of the molecule is C[C@H](O)CNc1ccc2c(c1)CCC2. The van der Waals surface area contributed by atoms with E-state index in [-0.39, 0.29) is 6.10 Å². The molecule has 0 spiro atoms. The number of aliphatic hydroxyl groups excluding tert-OH is 1. The molecule has 14 heavy (non-hydrogen) atoms. The smallest absolute Gasteiger partial charge is 0.0684 e. The molecule has 2 nitrogen and oxygen atoms in total. The molecule has 2 rings (SSSR count). The zero-order valence-electron chi connectivity index (χ0n) is 8.59. The van der Waals surface area contributed by atoms with E-state index in [2.05, 4.69) is 23.5 Å². The molecule has 0 aromatic heterocycles. The van der Waals surface area contributed by atoms with Crippen LogP contribution in [-0.2, 0) is 12.8 Å². The van der Waals surface area contributed by atoms with Crippen molar-refractivity contribution in [2.45, 2.75) is 32.3 Å². The quantitative estimate of drug-likeness (QED) is 0.765. The molecular formula is C12H17NO. The minimum absolute atomic E-state index is 0.289. The van der Waals surface area contributed by atoms with Crippen LogP contribution in [0.5, 0.6) is 0 Å². The number of fused-ring (bicyclic) bond motifs is 1. The maximum absolute atomic E-state index is 9.14. The highest BCUT2D eigenvalue weighted by Crippen LogP contribution is 2.24. The van der Waals surface area contributed by atoms with Gasteiger partial charge >= 0.3 is 0 Å². The predicted molar refractivity (Wildman–Crippen MR) is 58.6 cm³/mol. The van der Waals surface area contributed by atoms with Crippen LogP contribution in [0.2, 0.25) is 0 Å². The lowest BCUT2D eigenvalue weighted by molar-refractivity contribution is 0.208. The van der Waals surface area contributed by atoms with E-state index in [9.17, 15) is 0 Å². The fourth-order valence-corrected chi connectivity index (χ4v) is 1.95. The van der Waals surface area contributed by atoms with Crippen LogP contribution in [-0.4, -0.2) is 17.8 Å². The lowest BCUT2D eigenvalue weighted by atomic mass is 10.1. The van der Waals surface area contributed by atoms with Gasteiger partial charge in [0.2, 0.25) is 0 Å². The molecule has 0 bridgehead atoms. The van der Waals surface area contributed by atoms with Crippen LogP contribution in [0.4, 0.5) is 5.69 Å². The topological polar surface area (TPSA) is 32.3 Å². The van der Waals surface area contributed by atoms with Crippen molar-refractivity contribution in [3.8, 4) is 0 Å². The third-order valence-electron chi connectivity index (χ3n) is 2.70. The van der Waals surface area contributed by atoms with Gasteiger partial charge in [-0.25, -0.2) is 0 Å². The van der Waals surface area contributed by atoms with E-state index in [1.165, 1.54) is 30.4 Å². The third-order valence-corrected chi connectivity index (χ3v) is 2.70. The molecule has 0 fully saturated rings. The Morgan fingerprint density at radius 2 is 2.14 bits per heavy atom. The number of aryl methyl sites for hydroxylation is 2. The Labute approximate surface area is 85.0 Å². The number of hydrogen-bond donors (Lipinski definition) is 2. The number of benzene rings is 1. The summed E-state index contributed by atoms with van der Waals surface area (Å²) in [5, 5.41) is 12.4. The van der Waals surface area contributed by atoms with Crippen molar-refractivity contribution in [2.24, 2.45) is 0 Å². The molecule has 1 aliphatic carbocycles. The van der Waals surface area contributed by atoms with Crippen LogP contribution in [0.3, 0.4) is 0 Å². The highest BCUT2D eigenvalue weighted by atomic mass is 16.3. The van der Waals surface area contributed by atoms with Gasteiger partial charge in [-0.05, 0) is 49.4 Å². The molecule has 0 radical (unpaired) electrons. The van der Waals surface area contributed by atoms with Gasteiger partial charge < -0.3 is 10.4 Å². The van der Waals surface area contributed by atoms with Crippen LogP contribution >= 0.6 is 0 Å². The van der Waals surface area contributed by atoms with E-state index in [0.29, 0.717) is 6.54 Å². The van der Waals surface area contributed by atoms with Crippen LogP contribution in [0, 0.1) is 0 Å². The predicted octanol–water partition coefficient (Wildman–Crippen LogP) is 1.97. The molecule has 0 unspecified atom stereocenters. The summed E-state index contributed by atoms with van der Waals surface area (Å²) in [5.41, 5.74) is 4.10. The Balaban J connectivity index is 2.05. The van der Waals surface area contributed by atoms with E-state index in [0.717, 1.165) is 5.69 Å². The molecule has 0 saturated heterocycles. The highest BCUT2D eigenvalue weighted by molar-refractivity contribution is 5.50. The van der Waals surface area contributed by atoms with Crippen LogP contribution < -0.4 is 5.32 Å². The number of anilines is 1. The van der Waals surface area contributed by atoms with Gasteiger partial charge in [0.15, 0.2) is 0 Å². The minimum Gasteiger partial charge on any atom is -0.392 e. The summed E-state index contributed by atoms with van der Waals surface area (Å²) in [5.74, 6) is 0. The number of aliphatic hydroxyl groups is 1. The number of nitrogens with one attached hydrogen (secondary N) is 1. The van der Waals surface area contributed by atoms with Gasteiger partial charge in [0.25, 0.3) is 0 Å². The van der Waals surface area contributed by atoms with Crippen LogP contribution in [0.1, 0.15) is 24.5 Å². The van der Waals surface area contributed by atoms with Crippen molar-refractivity contribution in [2.75, 3.05) is 11.9 Å². The van der Waals surface area contributed by atoms with Crippen LogP contribution in [0.15, 0.2) is 18.2 Å². The molecule has 1 aromatic carbocycles. The molecule has 76 valence electrons. The molecule has 2 N–H and O–H groups in total. The Morgan fingerprint density at radius 3 is 2.93 bits per heavy atom. The van der Waals surface area contributed by atoms with E-state index < -0.39 is 0 Å². The molecular weight excluding hydrogens is 174 g/mol. The molecule has 1 atom stereocenters. The summed E-state index contributed by atoms with van der Waals surface area (Å²) < 4.78 is 0. The molecule has 0 aliphatic heterocycles. The summed E-state index contributed by atoms with van der Waals surface area (Å²) in [6.07, 6.45) is 3.43. The van der Waals surface area contributed by atoms with Crippen molar-refractivity contribution in [1.29, 1.82) is 0 Å². The summed E-state index contributed by atoms with van der Waals surface area (Å²) >= 11 is 0. The second kappa shape index (κ2) is 4.01. The standard InChI is InChI=1S/C12H17NO/c1-9(14)8-13-12-6-5-10-3-2-4-11(10)7-12/h5-7,9,13-14H,2-4,8H2,1H3/t9-/m0/s1. The third kappa shape index (κ3) is 2.07.